The number of carbonyl (C=O) groups excluding carboxylic acids is 2. The van der Waals surface area contributed by atoms with Gasteiger partial charge in [0.15, 0.2) is 0 Å². The summed E-state index contributed by atoms with van der Waals surface area (Å²) in [6, 6.07) is 4.82. The number of aromatic nitrogens is 1. The summed E-state index contributed by atoms with van der Waals surface area (Å²) < 4.78 is 0. The maximum absolute atomic E-state index is 12.0. The summed E-state index contributed by atoms with van der Waals surface area (Å²) in [5, 5.41) is 3.76. The van der Waals surface area contributed by atoms with Gasteiger partial charge in [0, 0.05) is 11.1 Å². The van der Waals surface area contributed by atoms with Crippen LogP contribution >= 0.6 is 22.9 Å². The number of nitrogens with one attached hydrogen (secondary N) is 1. The molecule has 0 fully saturated rings. The number of thiophene rings is 1. The molecule has 2 aromatic rings. The van der Waals surface area contributed by atoms with Gasteiger partial charge in [-0.15, -0.1) is 11.3 Å². The summed E-state index contributed by atoms with van der Waals surface area (Å²) in [7, 11) is 0. The fourth-order valence-corrected chi connectivity index (χ4v) is 2.31. The first-order valence-electron chi connectivity index (χ1n) is 5.10. The Morgan fingerprint density at radius 3 is 2.72 bits per heavy atom. The zero-order chi connectivity index (χ0) is 13.1. The standard InChI is InChI=1S/C12H9ClN2O2S/c1-7-8(4-6-18-7)12(17)15-11-9(10(13)16)3-2-5-14-11/h2-6H,1H3,(H,14,15,17). The number of nitrogens with zero attached hydrogens (tertiary/aromatic N) is 1. The van der Waals surface area contributed by atoms with Crippen LogP contribution in [0.25, 0.3) is 0 Å². The van der Waals surface area contributed by atoms with E-state index in [0.717, 1.165) is 4.88 Å². The first-order valence-corrected chi connectivity index (χ1v) is 6.35. The van der Waals surface area contributed by atoms with Gasteiger partial charge in [-0.1, -0.05) is 0 Å². The molecule has 0 aromatic carbocycles. The van der Waals surface area contributed by atoms with E-state index in [1.54, 1.807) is 12.1 Å². The molecule has 0 aliphatic carbocycles. The van der Waals surface area contributed by atoms with Crippen LogP contribution in [0.2, 0.25) is 0 Å². The average molecular weight is 281 g/mol. The van der Waals surface area contributed by atoms with E-state index in [4.69, 9.17) is 11.6 Å². The molecule has 0 saturated carbocycles. The minimum Gasteiger partial charge on any atom is -0.306 e. The molecular formula is C12H9ClN2O2S. The fraction of sp³-hybridized carbons (Fsp3) is 0.0833. The molecule has 0 saturated heterocycles. The molecule has 4 nitrogen and oxygen atoms in total. The van der Waals surface area contributed by atoms with Crippen molar-refractivity contribution in [1.29, 1.82) is 0 Å². The number of halogens is 1. The molecule has 6 heteroatoms. The lowest BCUT2D eigenvalue weighted by Crippen LogP contribution is -2.15. The predicted octanol–water partition coefficient (Wildman–Crippen LogP) is 3.08. The number of rotatable bonds is 3. The van der Waals surface area contributed by atoms with Gasteiger partial charge in [-0.3, -0.25) is 9.59 Å². The summed E-state index contributed by atoms with van der Waals surface area (Å²) in [6.45, 7) is 1.85. The highest BCUT2D eigenvalue weighted by Crippen LogP contribution is 2.19. The van der Waals surface area contributed by atoms with Crippen molar-refractivity contribution in [2.24, 2.45) is 0 Å². The Morgan fingerprint density at radius 1 is 1.33 bits per heavy atom. The van der Waals surface area contributed by atoms with Gasteiger partial charge in [0.1, 0.15) is 5.82 Å². The molecule has 0 bridgehead atoms. The Balaban J connectivity index is 2.28. The lowest BCUT2D eigenvalue weighted by Gasteiger charge is -2.06. The molecule has 0 atom stereocenters. The fourth-order valence-electron chi connectivity index (χ4n) is 1.46. The zero-order valence-electron chi connectivity index (χ0n) is 9.44. The smallest absolute Gasteiger partial charge is 0.257 e. The van der Waals surface area contributed by atoms with E-state index in [0.29, 0.717) is 5.56 Å². The van der Waals surface area contributed by atoms with E-state index in [2.05, 4.69) is 10.3 Å². The first-order chi connectivity index (χ1) is 8.59. The maximum atomic E-state index is 12.0. The van der Waals surface area contributed by atoms with Crippen molar-refractivity contribution in [3.8, 4) is 0 Å². The minimum atomic E-state index is -0.652. The van der Waals surface area contributed by atoms with Crippen molar-refractivity contribution < 1.29 is 9.59 Å². The summed E-state index contributed by atoms with van der Waals surface area (Å²) >= 11 is 6.90. The minimum absolute atomic E-state index is 0.174. The molecule has 0 radical (unpaired) electrons. The number of pyridine rings is 1. The number of carbonyl (C=O) groups is 2. The monoisotopic (exact) mass is 280 g/mol. The van der Waals surface area contributed by atoms with Gasteiger partial charge in [-0.05, 0) is 42.1 Å². The number of hydrogen-bond acceptors (Lipinski definition) is 4. The third-order valence-electron chi connectivity index (χ3n) is 2.35. The van der Waals surface area contributed by atoms with E-state index in [9.17, 15) is 9.59 Å². The highest BCUT2D eigenvalue weighted by atomic mass is 35.5. The number of amides is 1. The van der Waals surface area contributed by atoms with Crippen LogP contribution in [0.4, 0.5) is 5.82 Å². The van der Waals surface area contributed by atoms with Crippen molar-refractivity contribution in [2.45, 2.75) is 6.92 Å². The molecule has 0 unspecified atom stereocenters. The lowest BCUT2D eigenvalue weighted by molar-refractivity contribution is 0.102. The van der Waals surface area contributed by atoms with Crippen LogP contribution in [0, 0.1) is 6.92 Å². The quantitative estimate of drug-likeness (QED) is 0.879. The molecular weight excluding hydrogens is 272 g/mol. The molecule has 2 heterocycles. The van der Waals surface area contributed by atoms with Gasteiger partial charge in [0.2, 0.25) is 0 Å². The normalized spacial score (nSPS) is 10.1. The summed E-state index contributed by atoms with van der Waals surface area (Å²) in [5.41, 5.74) is 0.749. The summed E-state index contributed by atoms with van der Waals surface area (Å²) in [4.78, 5) is 28.0. The van der Waals surface area contributed by atoms with E-state index in [-0.39, 0.29) is 17.3 Å². The van der Waals surface area contributed by atoms with Gasteiger partial charge in [-0.25, -0.2) is 4.98 Å². The largest absolute Gasteiger partial charge is 0.306 e. The number of aryl methyl sites for hydroxylation is 1. The van der Waals surface area contributed by atoms with E-state index < -0.39 is 5.24 Å². The third-order valence-corrected chi connectivity index (χ3v) is 3.40. The van der Waals surface area contributed by atoms with Gasteiger partial charge in [-0.2, -0.15) is 0 Å². The van der Waals surface area contributed by atoms with Crippen LogP contribution in [-0.2, 0) is 0 Å². The number of hydrogen-bond donors (Lipinski definition) is 1. The van der Waals surface area contributed by atoms with E-state index >= 15 is 0 Å². The third kappa shape index (κ3) is 2.57. The van der Waals surface area contributed by atoms with Crippen LogP contribution in [0.1, 0.15) is 25.6 Å². The molecule has 0 spiro atoms. The molecule has 2 rings (SSSR count). The van der Waals surface area contributed by atoms with Crippen LogP contribution in [0.15, 0.2) is 29.8 Å². The highest BCUT2D eigenvalue weighted by Gasteiger charge is 2.15. The second-order valence-electron chi connectivity index (χ2n) is 3.52. The predicted molar refractivity (Wildman–Crippen MR) is 71.4 cm³/mol. The Morgan fingerprint density at radius 2 is 2.11 bits per heavy atom. The van der Waals surface area contributed by atoms with Crippen LogP contribution < -0.4 is 5.32 Å². The van der Waals surface area contributed by atoms with Gasteiger partial charge < -0.3 is 5.32 Å². The molecule has 2 aromatic heterocycles. The molecule has 92 valence electrons. The Kier molecular flexibility index (Phi) is 3.74. The van der Waals surface area contributed by atoms with Crippen molar-refractivity contribution in [1.82, 2.24) is 4.98 Å². The Labute approximate surface area is 113 Å². The van der Waals surface area contributed by atoms with Crippen molar-refractivity contribution in [3.63, 3.8) is 0 Å². The van der Waals surface area contributed by atoms with Gasteiger partial charge in [0.25, 0.3) is 11.1 Å². The van der Waals surface area contributed by atoms with Crippen molar-refractivity contribution in [2.75, 3.05) is 5.32 Å². The lowest BCUT2D eigenvalue weighted by atomic mass is 10.2. The second-order valence-corrected chi connectivity index (χ2v) is 4.98. The Hall–Kier alpha value is -1.72. The van der Waals surface area contributed by atoms with Crippen LogP contribution in [-0.4, -0.2) is 16.1 Å². The van der Waals surface area contributed by atoms with Crippen molar-refractivity contribution >= 4 is 39.9 Å². The average Bonchev–Trinajstić information content (AvgIpc) is 2.76. The first kappa shape index (κ1) is 12.7. The highest BCUT2D eigenvalue weighted by molar-refractivity contribution is 7.10. The topological polar surface area (TPSA) is 59.1 Å². The zero-order valence-corrected chi connectivity index (χ0v) is 11.0. The van der Waals surface area contributed by atoms with E-state index in [1.807, 2.05) is 12.3 Å². The maximum Gasteiger partial charge on any atom is 0.257 e. The Bertz CT molecular complexity index is 610. The van der Waals surface area contributed by atoms with Gasteiger partial charge in [0.05, 0.1) is 11.1 Å². The molecule has 0 aliphatic heterocycles. The number of anilines is 1. The molecule has 18 heavy (non-hydrogen) atoms. The van der Waals surface area contributed by atoms with Gasteiger partial charge >= 0.3 is 0 Å². The summed E-state index contributed by atoms with van der Waals surface area (Å²) in [5.74, 6) is -0.125. The molecule has 1 N–H and O–H groups in total. The summed E-state index contributed by atoms with van der Waals surface area (Å²) in [6.07, 6.45) is 1.49. The van der Waals surface area contributed by atoms with E-state index in [1.165, 1.54) is 23.6 Å². The molecule has 1 amide bonds. The van der Waals surface area contributed by atoms with Crippen LogP contribution in [0.5, 0.6) is 0 Å². The second kappa shape index (κ2) is 5.29. The SMILES string of the molecule is Cc1sccc1C(=O)Nc1ncccc1C(=O)Cl. The van der Waals surface area contributed by atoms with Crippen molar-refractivity contribution in [3.05, 3.63) is 45.8 Å². The molecule has 0 aliphatic rings. The van der Waals surface area contributed by atoms with Crippen LogP contribution in [0.3, 0.4) is 0 Å².